The zero-order valence-corrected chi connectivity index (χ0v) is 12.1. The van der Waals surface area contributed by atoms with E-state index in [9.17, 15) is 10.0 Å². The topological polar surface area (TPSA) is 122 Å². The van der Waals surface area contributed by atoms with Gasteiger partial charge in [0.15, 0.2) is 5.13 Å². The summed E-state index contributed by atoms with van der Waals surface area (Å²) in [7, 11) is 1.30. The fraction of sp³-hybridized carbons (Fsp3) is 0.0833. The van der Waals surface area contributed by atoms with Crippen LogP contribution in [0.1, 0.15) is 10.5 Å². The third kappa shape index (κ3) is 2.24. The molecule has 2 aromatic heterocycles. The standard InChI is InChI=1S/C12H10N6O3S/c1-21-15-10(7-6-22-12(13)14-7)11(19)17-8-4-2-3-5-9(8)18(20)16-17/h2-6H,1H3,(H2,13,14)/b15-10+. The maximum Gasteiger partial charge on any atom is 0.390 e. The lowest BCUT2D eigenvalue weighted by molar-refractivity contribution is -0.645. The molecule has 0 radical (unpaired) electrons. The van der Waals surface area contributed by atoms with Crippen molar-refractivity contribution in [3.05, 3.63) is 40.5 Å². The number of anilines is 1. The van der Waals surface area contributed by atoms with Gasteiger partial charge in [-0.25, -0.2) is 9.78 Å². The Hall–Kier alpha value is -3.01. The lowest BCUT2D eigenvalue weighted by Crippen LogP contribution is -2.33. The van der Waals surface area contributed by atoms with Gasteiger partial charge in [0.1, 0.15) is 18.0 Å². The number of benzene rings is 1. The zero-order valence-electron chi connectivity index (χ0n) is 11.3. The van der Waals surface area contributed by atoms with Crippen molar-refractivity contribution in [1.29, 1.82) is 0 Å². The number of fused-ring (bicyclic) bond motifs is 1. The monoisotopic (exact) mass is 318 g/mol. The Labute approximate surface area is 127 Å². The minimum absolute atomic E-state index is 0.0932. The quantitative estimate of drug-likeness (QED) is 0.323. The van der Waals surface area contributed by atoms with Crippen LogP contribution in [0.15, 0.2) is 34.8 Å². The molecule has 0 aliphatic carbocycles. The van der Waals surface area contributed by atoms with Crippen LogP contribution in [-0.2, 0) is 4.84 Å². The molecule has 0 atom stereocenters. The number of nitrogens with two attached hydrogens (primary N) is 1. The molecule has 1 aromatic carbocycles. The molecule has 0 saturated carbocycles. The van der Waals surface area contributed by atoms with E-state index in [-0.39, 0.29) is 22.1 Å². The number of hydrogen-bond donors (Lipinski definition) is 1. The highest BCUT2D eigenvalue weighted by Gasteiger charge is 2.29. The molecule has 9 nitrogen and oxygen atoms in total. The van der Waals surface area contributed by atoms with Crippen molar-refractivity contribution >= 4 is 39.1 Å². The average Bonchev–Trinajstić information content (AvgIpc) is 3.09. The third-order valence-corrected chi connectivity index (χ3v) is 3.50. The van der Waals surface area contributed by atoms with E-state index < -0.39 is 5.91 Å². The number of nitrogens with zero attached hydrogens (tertiary/aromatic N) is 5. The van der Waals surface area contributed by atoms with Gasteiger partial charge in [-0.15, -0.1) is 16.2 Å². The molecule has 0 aliphatic rings. The number of nitrogen functional groups attached to an aromatic ring is 1. The summed E-state index contributed by atoms with van der Waals surface area (Å²) in [6.07, 6.45) is 0. The number of carbonyl (C=O) groups is 1. The molecule has 2 N–H and O–H groups in total. The predicted molar refractivity (Wildman–Crippen MR) is 79.4 cm³/mol. The molecule has 0 unspecified atom stereocenters. The summed E-state index contributed by atoms with van der Waals surface area (Å²) in [5.74, 6) is -0.641. The molecule has 0 amide bonds. The minimum Gasteiger partial charge on any atom is -0.691 e. The fourth-order valence-electron chi connectivity index (χ4n) is 1.92. The van der Waals surface area contributed by atoms with Crippen molar-refractivity contribution in [3.8, 4) is 0 Å². The smallest absolute Gasteiger partial charge is 0.390 e. The summed E-state index contributed by atoms with van der Waals surface area (Å²) in [4.78, 5) is 21.7. The molecular weight excluding hydrogens is 308 g/mol. The lowest BCUT2D eigenvalue weighted by Gasteiger charge is -1.97. The molecular formula is C12H10N6O3S. The summed E-state index contributed by atoms with van der Waals surface area (Å²) in [5.41, 5.74) is 6.36. The predicted octanol–water partition coefficient (Wildman–Crippen LogP) is 0.399. The molecule has 3 aromatic rings. The minimum atomic E-state index is -0.641. The summed E-state index contributed by atoms with van der Waals surface area (Å²) < 4.78 is 0.954. The van der Waals surface area contributed by atoms with Crippen LogP contribution in [0.5, 0.6) is 0 Å². The van der Waals surface area contributed by atoms with Gasteiger partial charge in [-0.2, -0.15) is 0 Å². The van der Waals surface area contributed by atoms with Gasteiger partial charge < -0.3 is 15.8 Å². The van der Waals surface area contributed by atoms with E-state index in [2.05, 4.69) is 15.4 Å². The molecule has 0 spiro atoms. The number of hydrogen-bond acceptors (Lipinski definition) is 8. The first-order chi connectivity index (χ1) is 10.6. The number of rotatable bonds is 3. The van der Waals surface area contributed by atoms with E-state index >= 15 is 0 Å². The van der Waals surface area contributed by atoms with Crippen molar-refractivity contribution in [1.82, 2.24) is 14.9 Å². The maximum absolute atomic E-state index is 12.6. The van der Waals surface area contributed by atoms with E-state index in [0.29, 0.717) is 10.4 Å². The Bertz CT molecular complexity index is 884. The first-order valence-corrected chi connectivity index (χ1v) is 6.94. The van der Waals surface area contributed by atoms with Crippen LogP contribution in [0.25, 0.3) is 11.0 Å². The van der Waals surface area contributed by atoms with Crippen LogP contribution < -0.4 is 10.6 Å². The highest BCUT2D eigenvalue weighted by atomic mass is 32.1. The first-order valence-electron chi connectivity index (χ1n) is 6.06. The SMILES string of the molecule is CO/N=C(/C(=O)n1n[n+]([O-])c2ccccc21)c1csc(N)n1. The summed E-state index contributed by atoms with van der Waals surface area (Å²) in [6.45, 7) is 0. The molecule has 10 heteroatoms. The van der Waals surface area contributed by atoms with Gasteiger partial charge in [0.05, 0.1) is 0 Å². The number of thiazole rings is 1. The number of para-hydroxylation sites is 2. The van der Waals surface area contributed by atoms with Crippen molar-refractivity contribution < 1.29 is 14.5 Å². The zero-order chi connectivity index (χ0) is 15.7. The van der Waals surface area contributed by atoms with Crippen LogP contribution >= 0.6 is 11.3 Å². The third-order valence-electron chi connectivity index (χ3n) is 2.83. The van der Waals surface area contributed by atoms with Gasteiger partial charge in [0, 0.05) is 5.38 Å². The van der Waals surface area contributed by atoms with Crippen molar-refractivity contribution in [2.45, 2.75) is 0 Å². The Morgan fingerprint density at radius 3 is 2.95 bits per heavy atom. The molecule has 0 fully saturated rings. The summed E-state index contributed by atoms with van der Waals surface area (Å²) in [6, 6.07) is 6.54. The second-order valence-corrected chi connectivity index (χ2v) is 5.05. The highest BCUT2D eigenvalue weighted by Crippen LogP contribution is 2.15. The fourth-order valence-corrected chi connectivity index (χ4v) is 2.46. The van der Waals surface area contributed by atoms with Gasteiger partial charge in [-0.05, 0) is 12.1 Å². The summed E-state index contributed by atoms with van der Waals surface area (Å²) in [5, 5.41) is 21.0. The van der Waals surface area contributed by atoms with Crippen LogP contribution in [0.4, 0.5) is 5.13 Å². The van der Waals surface area contributed by atoms with E-state index in [1.165, 1.54) is 7.11 Å². The molecule has 0 bridgehead atoms. The molecule has 112 valence electrons. The van der Waals surface area contributed by atoms with E-state index in [4.69, 9.17) is 10.6 Å². The van der Waals surface area contributed by atoms with Crippen molar-refractivity contribution in [2.24, 2.45) is 5.16 Å². The Morgan fingerprint density at radius 2 is 2.27 bits per heavy atom. The second-order valence-electron chi connectivity index (χ2n) is 4.16. The van der Waals surface area contributed by atoms with Crippen molar-refractivity contribution in [3.63, 3.8) is 0 Å². The van der Waals surface area contributed by atoms with Crippen LogP contribution in [0, 0.1) is 5.21 Å². The Balaban J connectivity index is 2.12. The number of carbonyl (C=O) groups excluding carboxylic acids is 1. The molecule has 0 aliphatic heterocycles. The highest BCUT2D eigenvalue weighted by molar-refractivity contribution is 7.13. The first kappa shape index (κ1) is 13.9. The average molecular weight is 318 g/mol. The number of oxime groups is 1. The van der Waals surface area contributed by atoms with Gasteiger partial charge in [0.25, 0.3) is 0 Å². The molecule has 0 saturated heterocycles. The Morgan fingerprint density at radius 1 is 1.50 bits per heavy atom. The van der Waals surface area contributed by atoms with Gasteiger partial charge >= 0.3 is 5.91 Å². The van der Waals surface area contributed by atoms with Gasteiger partial charge in [-0.3, -0.25) is 0 Å². The van der Waals surface area contributed by atoms with E-state index in [0.717, 1.165) is 16.0 Å². The largest absolute Gasteiger partial charge is 0.691 e. The van der Waals surface area contributed by atoms with Gasteiger partial charge in [0.2, 0.25) is 16.7 Å². The molecule has 22 heavy (non-hydrogen) atoms. The molecule has 3 rings (SSSR count). The van der Waals surface area contributed by atoms with Crippen LogP contribution in [-0.4, -0.2) is 33.6 Å². The maximum atomic E-state index is 12.6. The lowest BCUT2D eigenvalue weighted by atomic mass is 10.2. The van der Waals surface area contributed by atoms with Crippen LogP contribution in [0.3, 0.4) is 0 Å². The van der Waals surface area contributed by atoms with E-state index in [1.807, 2.05) is 0 Å². The normalized spacial score (nSPS) is 11.8. The van der Waals surface area contributed by atoms with Crippen molar-refractivity contribution in [2.75, 3.05) is 12.8 Å². The summed E-state index contributed by atoms with van der Waals surface area (Å²) >= 11 is 1.16. The molecule has 2 heterocycles. The number of aromatic nitrogens is 4. The Kier molecular flexibility index (Phi) is 3.43. The second kappa shape index (κ2) is 5.41. The van der Waals surface area contributed by atoms with Gasteiger partial charge in [-0.1, -0.05) is 22.0 Å². The van der Waals surface area contributed by atoms with Crippen LogP contribution in [0.2, 0.25) is 0 Å². The van der Waals surface area contributed by atoms with E-state index in [1.54, 1.807) is 29.6 Å².